The van der Waals surface area contributed by atoms with Gasteiger partial charge in [0, 0.05) is 17.6 Å². The van der Waals surface area contributed by atoms with Crippen molar-refractivity contribution < 1.29 is 13.2 Å². The molecule has 1 aromatic rings. The number of nitrogens with one attached hydrogen (secondary N) is 1. The largest absolute Gasteiger partial charge is 0.452 e. The van der Waals surface area contributed by atoms with Gasteiger partial charge >= 0.3 is 6.18 Å². The normalized spacial score (nSPS) is 23.9. The van der Waals surface area contributed by atoms with E-state index in [1.165, 1.54) is 0 Å². The lowest BCUT2D eigenvalue weighted by Crippen LogP contribution is -2.31. The average Bonchev–Trinajstić information content (AvgIpc) is 2.63. The van der Waals surface area contributed by atoms with E-state index in [2.05, 4.69) is 28.5 Å². The van der Waals surface area contributed by atoms with Gasteiger partial charge in [0.2, 0.25) is 11.0 Å². The van der Waals surface area contributed by atoms with Crippen LogP contribution < -0.4 is 5.32 Å². The number of rotatable bonds is 2. The minimum absolute atomic E-state index is 0.197. The van der Waals surface area contributed by atoms with Crippen LogP contribution in [-0.4, -0.2) is 15.4 Å². The Morgan fingerprint density at radius 2 is 2.11 bits per heavy atom. The average molecular weight is 279 g/mol. The number of anilines is 1. The number of nitrogens with zero attached hydrogens (tertiary/aromatic N) is 2. The van der Waals surface area contributed by atoms with E-state index in [1.807, 2.05) is 0 Å². The number of halogens is 3. The fourth-order valence-corrected chi connectivity index (χ4v) is 3.06. The van der Waals surface area contributed by atoms with Crippen LogP contribution in [0.4, 0.5) is 18.3 Å². The molecule has 0 radical (unpaired) electrons. The molecule has 0 aromatic carbocycles. The van der Waals surface area contributed by atoms with E-state index < -0.39 is 12.0 Å². The smallest absolute Gasteiger partial charge is 0.358 e. The Hall–Kier alpha value is -0.850. The van der Waals surface area contributed by atoms with E-state index in [9.17, 15) is 13.2 Å². The second kappa shape index (κ2) is 4.68. The molecule has 1 saturated carbocycles. The summed E-state index contributed by atoms with van der Waals surface area (Å²) in [4.78, 5) is 3.49. The van der Waals surface area contributed by atoms with E-state index in [0.717, 1.165) is 37.2 Å². The lowest BCUT2D eigenvalue weighted by Gasteiger charge is -2.35. The van der Waals surface area contributed by atoms with Gasteiger partial charge in [-0.2, -0.15) is 22.5 Å². The SMILES string of the molecule is CC1(C)CCCC(Nc2nc(C(F)(F)F)ns2)C1. The second-order valence-corrected chi connectivity index (χ2v) is 6.27. The molecule has 102 valence electrons. The maximum Gasteiger partial charge on any atom is 0.452 e. The van der Waals surface area contributed by atoms with Crippen LogP contribution in [0.15, 0.2) is 0 Å². The minimum Gasteiger partial charge on any atom is -0.358 e. The van der Waals surface area contributed by atoms with Crippen molar-refractivity contribution >= 4 is 16.7 Å². The van der Waals surface area contributed by atoms with E-state index in [0.29, 0.717) is 0 Å². The van der Waals surface area contributed by atoms with Gasteiger partial charge in [0.15, 0.2) is 0 Å². The maximum atomic E-state index is 12.4. The first-order valence-electron chi connectivity index (χ1n) is 5.94. The number of hydrogen-bond donors (Lipinski definition) is 1. The molecule has 1 aliphatic rings. The molecule has 1 N–H and O–H groups in total. The highest BCUT2D eigenvalue weighted by atomic mass is 32.1. The molecule has 0 bridgehead atoms. The van der Waals surface area contributed by atoms with Gasteiger partial charge in [-0.3, -0.25) is 0 Å². The van der Waals surface area contributed by atoms with Crippen LogP contribution in [-0.2, 0) is 6.18 Å². The van der Waals surface area contributed by atoms with Gasteiger partial charge in [-0.05, 0) is 24.7 Å². The zero-order valence-corrected chi connectivity index (χ0v) is 11.2. The highest BCUT2D eigenvalue weighted by Crippen LogP contribution is 2.37. The Labute approximate surface area is 108 Å². The van der Waals surface area contributed by atoms with Crippen molar-refractivity contribution in [2.24, 2.45) is 5.41 Å². The van der Waals surface area contributed by atoms with Crippen LogP contribution in [0, 0.1) is 5.41 Å². The summed E-state index contributed by atoms with van der Waals surface area (Å²) in [5.74, 6) is -1.05. The summed E-state index contributed by atoms with van der Waals surface area (Å²) < 4.78 is 40.4. The summed E-state index contributed by atoms with van der Waals surface area (Å²) >= 11 is 0.778. The molecular formula is C11H16F3N3S. The van der Waals surface area contributed by atoms with Crippen LogP contribution in [0.1, 0.15) is 45.4 Å². The molecule has 0 amide bonds. The molecule has 0 saturated heterocycles. The maximum absolute atomic E-state index is 12.4. The third kappa shape index (κ3) is 3.34. The van der Waals surface area contributed by atoms with Crippen LogP contribution in [0.3, 0.4) is 0 Å². The Morgan fingerprint density at radius 1 is 1.39 bits per heavy atom. The van der Waals surface area contributed by atoms with Crippen molar-refractivity contribution in [3.8, 4) is 0 Å². The Balaban J connectivity index is 1.99. The standard InChI is InChI=1S/C11H16F3N3S/c1-10(2)5-3-4-7(6-10)15-9-16-8(17-18-9)11(12,13)14/h7H,3-6H2,1-2H3,(H,15,16,17). The molecule has 1 aromatic heterocycles. The molecule has 1 unspecified atom stereocenters. The summed E-state index contributed by atoms with van der Waals surface area (Å²) in [6.45, 7) is 4.37. The lowest BCUT2D eigenvalue weighted by molar-refractivity contribution is -0.144. The van der Waals surface area contributed by atoms with Crippen molar-refractivity contribution in [1.82, 2.24) is 9.36 Å². The third-order valence-corrected chi connectivity index (χ3v) is 3.86. The topological polar surface area (TPSA) is 37.8 Å². The summed E-state index contributed by atoms with van der Waals surface area (Å²) in [5, 5.41) is 3.34. The van der Waals surface area contributed by atoms with Gasteiger partial charge in [-0.25, -0.2) is 0 Å². The van der Waals surface area contributed by atoms with Crippen molar-refractivity contribution in [2.75, 3.05) is 5.32 Å². The highest BCUT2D eigenvalue weighted by Gasteiger charge is 2.36. The van der Waals surface area contributed by atoms with Crippen LogP contribution in [0.5, 0.6) is 0 Å². The molecule has 2 rings (SSSR count). The number of aromatic nitrogens is 2. The molecule has 3 nitrogen and oxygen atoms in total. The van der Waals surface area contributed by atoms with Crippen molar-refractivity contribution in [3.05, 3.63) is 5.82 Å². The molecule has 0 spiro atoms. The van der Waals surface area contributed by atoms with Crippen LogP contribution in [0.25, 0.3) is 0 Å². The molecule has 18 heavy (non-hydrogen) atoms. The first-order valence-corrected chi connectivity index (χ1v) is 6.71. The van der Waals surface area contributed by atoms with Gasteiger partial charge in [-0.15, -0.1) is 0 Å². The van der Waals surface area contributed by atoms with Crippen molar-refractivity contribution in [3.63, 3.8) is 0 Å². The highest BCUT2D eigenvalue weighted by molar-refractivity contribution is 7.09. The fourth-order valence-electron chi connectivity index (χ4n) is 2.39. The van der Waals surface area contributed by atoms with Crippen LogP contribution in [0.2, 0.25) is 0 Å². The second-order valence-electron chi connectivity index (χ2n) is 5.52. The van der Waals surface area contributed by atoms with E-state index in [4.69, 9.17) is 0 Å². The predicted octanol–water partition coefficient (Wildman–Crippen LogP) is 3.94. The lowest BCUT2D eigenvalue weighted by atomic mass is 9.75. The Kier molecular flexibility index (Phi) is 3.53. The number of alkyl halides is 3. The molecule has 1 atom stereocenters. The molecule has 1 fully saturated rings. The minimum atomic E-state index is -4.46. The van der Waals surface area contributed by atoms with Crippen LogP contribution >= 0.6 is 11.5 Å². The van der Waals surface area contributed by atoms with Crippen molar-refractivity contribution in [1.29, 1.82) is 0 Å². The van der Waals surface area contributed by atoms with Gasteiger partial charge in [0.1, 0.15) is 0 Å². The quantitative estimate of drug-likeness (QED) is 0.891. The third-order valence-electron chi connectivity index (χ3n) is 3.21. The predicted molar refractivity (Wildman–Crippen MR) is 64.6 cm³/mol. The molecular weight excluding hydrogens is 263 g/mol. The zero-order chi connectivity index (χ0) is 13.4. The van der Waals surface area contributed by atoms with E-state index in [1.54, 1.807) is 0 Å². The fraction of sp³-hybridized carbons (Fsp3) is 0.818. The summed E-state index contributed by atoms with van der Waals surface area (Å²) in [6.07, 6.45) is -0.273. The monoisotopic (exact) mass is 279 g/mol. The molecule has 0 aliphatic heterocycles. The van der Waals surface area contributed by atoms with Gasteiger partial charge in [0.05, 0.1) is 0 Å². The summed E-state index contributed by atoms with van der Waals surface area (Å²) in [7, 11) is 0. The van der Waals surface area contributed by atoms with Crippen molar-refractivity contribution in [2.45, 2.75) is 51.7 Å². The molecule has 1 aliphatic carbocycles. The first-order chi connectivity index (χ1) is 8.26. The Bertz CT molecular complexity index is 414. The molecule has 7 heteroatoms. The number of hydrogen-bond acceptors (Lipinski definition) is 4. The Morgan fingerprint density at radius 3 is 2.67 bits per heavy atom. The first kappa shape index (κ1) is 13.6. The summed E-state index contributed by atoms with van der Waals surface area (Å²) in [5.41, 5.74) is 0.244. The van der Waals surface area contributed by atoms with Gasteiger partial charge in [0.25, 0.3) is 0 Å². The zero-order valence-electron chi connectivity index (χ0n) is 10.3. The van der Waals surface area contributed by atoms with E-state index >= 15 is 0 Å². The summed E-state index contributed by atoms with van der Waals surface area (Å²) in [6, 6.07) is 0.197. The van der Waals surface area contributed by atoms with Gasteiger partial charge < -0.3 is 5.32 Å². The van der Waals surface area contributed by atoms with E-state index in [-0.39, 0.29) is 16.6 Å². The van der Waals surface area contributed by atoms with Gasteiger partial charge in [-0.1, -0.05) is 20.3 Å². The molecule has 1 heterocycles.